The molecule has 0 aromatic carbocycles. The molecule has 0 aromatic rings. The summed E-state index contributed by atoms with van der Waals surface area (Å²) in [6.45, 7) is 7.03. The fraction of sp³-hybridized carbons (Fsp3) is 0.846. The first-order valence-corrected chi connectivity index (χ1v) is 6.78. The van der Waals surface area contributed by atoms with Crippen molar-refractivity contribution in [1.29, 1.82) is 0 Å². The molecule has 1 rings (SSSR count). The van der Waals surface area contributed by atoms with Gasteiger partial charge in [0.2, 0.25) is 0 Å². The van der Waals surface area contributed by atoms with E-state index >= 15 is 0 Å². The summed E-state index contributed by atoms with van der Waals surface area (Å²) in [5.41, 5.74) is 0. The highest BCUT2D eigenvalue weighted by Gasteiger charge is 2.27. The number of likely N-dealkylation sites (tertiary alicyclic amines) is 1. The van der Waals surface area contributed by atoms with Crippen molar-refractivity contribution in [3.8, 4) is 0 Å². The lowest BCUT2D eigenvalue weighted by Crippen LogP contribution is -2.44. The smallest absolute Gasteiger partial charge is 0.312 e. The van der Waals surface area contributed by atoms with Gasteiger partial charge in [-0.25, -0.2) is 0 Å². The monoisotopic (exact) mass is 240 g/mol. The molecule has 98 valence electrons. The van der Waals surface area contributed by atoms with Gasteiger partial charge in [-0.15, -0.1) is 0 Å². The van der Waals surface area contributed by atoms with Crippen LogP contribution in [0.1, 0.15) is 46.0 Å². The van der Waals surface area contributed by atoms with E-state index in [1.165, 1.54) is 0 Å². The van der Waals surface area contributed by atoms with Crippen molar-refractivity contribution in [3.05, 3.63) is 0 Å². The van der Waals surface area contributed by atoms with Crippen molar-refractivity contribution >= 4 is 11.8 Å². The lowest BCUT2D eigenvalue weighted by Gasteiger charge is -2.24. The first kappa shape index (κ1) is 14.0. The van der Waals surface area contributed by atoms with Crippen LogP contribution in [0.3, 0.4) is 0 Å². The van der Waals surface area contributed by atoms with Crippen molar-refractivity contribution in [2.45, 2.75) is 46.0 Å². The van der Waals surface area contributed by atoms with Crippen molar-refractivity contribution in [2.24, 2.45) is 0 Å². The molecule has 0 saturated carbocycles. The normalized spacial score (nSPS) is 15.1. The Bertz CT molecular complexity index is 260. The molecule has 4 nitrogen and oxygen atoms in total. The number of carbonyl (C=O) groups excluding carboxylic acids is 2. The lowest BCUT2D eigenvalue weighted by atomic mass is 10.3. The molecule has 0 radical (unpaired) electrons. The number of nitrogens with zero attached hydrogens (tertiary/aromatic N) is 2. The Morgan fingerprint density at radius 3 is 2.24 bits per heavy atom. The minimum Gasteiger partial charge on any atom is -0.334 e. The van der Waals surface area contributed by atoms with E-state index in [9.17, 15) is 9.59 Å². The van der Waals surface area contributed by atoms with Gasteiger partial charge in [0.25, 0.3) is 0 Å². The van der Waals surface area contributed by atoms with Crippen LogP contribution in [0.5, 0.6) is 0 Å². The molecule has 0 bridgehead atoms. The lowest BCUT2D eigenvalue weighted by molar-refractivity contribution is -0.151. The van der Waals surface area contributed by atoms with Gasteiger partial charge in [-0.1, -0.05) is 20.3 Å². The van der Waals surface area contributed by atoms with Gasteiger partial charge in [0.05, 0.1) is 0 Å². The van der Waals surface area contributed by atoms with E-state index in [-0.39, 0.29) is 11.8 Å². The number of unbranched alkanes of at least 4 members (excludes halogenated alkanes) is 1. The molecule has 4 heteroatoms. The fourth-order valence-corrected chi connectivity index (χ4v) is 2.12. The quantitative estimate of drug-likeness (QED) is 0.686. The third-order valence-electron chi connectivity index (χ3n) is 3.14. The number of hydrogen-bond acceptors (Lipinski definition) is 2. The second kappa shape index (κ2) is 7.30. The molecule has 2 amide bonds. The van der Waals surface area contributed by atoms with Crippen LogP contribution in [-0.2, 0) is 9.59 Å². The van der Waals surface area contributed by atoms with Crippen LogP contribution in [0, 0.1) is 0 Å². The predicted octanol–water partition coefficient (Wildman–Crippen LogP) is 1.65. The first-order chi connectivity index (χ1) is 8.20. The number of carbonyl (C=O) groups is 2. The van der Waals surface area contributed by atoms with Gasteiger partial charge < -0.3 is 9.80 Å². The summed E-state index contributed by atoms with van der Waals surface area (Å²) < 4.78 is 0. The zero-order valence-electron chi connectivity index (χ0n) is 11.1. The first-order valence-electron chi connectivity index (χ1n) is 6.78. The summed E-state index contributed by atoms with van der Waals surface area (Å²) in [5.74, 6) is -0.603. The van der Waals surface area contributed by atoms with Crippen molar-refractivity contribution in [2.75, 3.05) is 26.2 Å². The molecule has 17 heavy (non-hydrogen) atoms. The summed E-state index contributed by atoms with van der Waals surface area (Å²) >= 11 is 0. The molecular weight excluding hydrogens is 216 g/mol. The van der Waals surface area contributed by atoms with Crippen LogP contribution in [0.15, 0.2) is 0 Å². The number of amides is 2. The van der Waals surface area contributed by atoms with Gasteiger partial charge in [-0.2, -0.15) is 0 Å². The minimum absolute atomic E-state index is 0.299. The third kappa shape index (κ3) is 4.02. The van der Waals surface area contributed by atoms with Crippen LogP contribution in [0.25, 0.3) is 0 Å². The Hall–Kier alpha value is -1.06. The molecule has 0 spiro atoms. The predicted molar refractivity (Wildman–Crippen MR) is 67.6 cm³/mol. The summed E-state index contributed by atoms with van der Waals surface area (Å²) in [6.07, 6.45) is 4.98. The molecule has 0 N–H and O–H groups in total. The fourth-order valence-electron chi connectivity index (χ4n) is 2.12. The highest BCUT2D eigenvalue weighted by Crippen LogP contribution is 2.09. The van der Waals surface area contributed by atoms with Crippen molar-refractivity contribution in [1.82, 2.24) is 9.80 Å². The number of rotatable bonds is 5. The standard InChI is InChI=1S/C13H24N2O2/c1-3-5-9-14(8-4-2)12(16)13(17)15-10-6-7-11-15/h3-11H2,1-2H3. The summed E-state index contributed by atoms with van der Waals surface area (Å²) in [7, 11) is 0. The van der Waals surface area contributed by atoms with Crippen molar-refractivity contribution < 1.29 is 9.59 Å². The van der Waals surface area contributed by atoms with Gasteiger partial charge in [0, 0.05) is 26.2 Å². The van der Waals surface area contributed by atoms with Crippen molar-refractivity contribution in [3.63, 3.8) is 0 Å². The summed E-state index contributed by atoms with van der Waals surface area (Å²) in [6, 6.07) is 0. The van der Waals surface area contributed by atoms with Gasteiger partial charge in [-0.05, 0) is 25.7 Å². The van der Waals surface area contributed by atoms with E-state index in [1.807, 2.05) is 6.92 Å². The maximum atomic E-state index is 12.1. The summed E-state index contributed by atoms with van der Waals surface area (Å²) in [4.78, 5) is 27.4. The Kier molecular flexibility index (Phi) is 6.01. The van der Waals surface area contributed by atoms with Crippen LogP contribution in [-0.4, -0.2) is 47.8 Å². The van der Waals surface area contributed by atoms with E-state index in [1.54, 1.807) is 9.80 Å². The topological polar surface area (TPSA) is 40.6 Å². The van der Waals surface area contributed by atoms with E-state index in [0.717, 1.165) is 45.2 Å². The van der Waals surface area contributed by atoms with Gasteiger partial charge >= 0.3 is 11.8 Å². The molecule has 0 atom stereocenters. The largest absolute Gasteiger partial charge is 0.334 e. The molecule has 1 saturated heterocycles. The Morgan fingerprint density at radius 2 is 1.71 bits per heavy atom. The molecule has 1 aliphatic rings. The second-order valence-electron chi connectivity index (χ2n) is 4.65. The molecule has 0 unspecified atom stereocenters. The van der Waals surface area contributed by atoms with E-state index in [4.69, 9.17) is 0 Å². The van der Waals surface area contributed by atoms with Gasteiger partial charge in [0.15, 0.2) is 0 Å². The highest BCUT2D eigenvalue weighted by atomic mass is 16.2. The zero-order chi connectivity index (χ0) is 12.7. The Balaban J connectivity index is 2.52. The van der Waals surface area contributed by atoms with E-state index in [2.05, 4.69) is 6.92 Å². The average molecular weight is 240 g/mol. The third-order valence-corrected chi connectivity index (χ3v) is 3.14. The number of hydrogen-bond donors (Lipinski definition) is 0. The highest BCUT2D eigenvalue weighted by molar-refractivity contribution is 6.34. The van der Waals surface area contributed by atoms with Crippen LogP contribution in [0.4, 0.5) is 0 Å². The molecule has 1 aliphatic heterocycles. The molecule has 1 fully saturated rings. The molecule has 0 aromatic heterocycles. The zero-order valence-corrected chi connectivity index (χ0v) is 11.1. The van der Waals surface area contributed by atoms with Gasteiger partial charge in [0.1, 0.15) is 0 Å². The van der Waals surface area contributed by atoms with Gasteiger partial charge in [-0.3, -0.25) is 9.59 Å². The maximum absolute atomic E-state index is 12.1. The maximum Gasteiger partial charge on any atom is 0.312 e. The molecular formula is C13H24N2O2. The van der Waals surface area contributed by atoms with Crippen LogP contribution >= 0.6 is 0 Å². The molecule has 0 aliphatic carbocycles. The van der Waals surface area contributed by atoms with E-state index in [0.29, 0.717) is 13.1 Å². The van der Waals surface area contributed by atoms with Crippen LogP contribution in [0.2, 0.25) is 0 Å². The van der Waals surface area contributed by atoms with Crippen LogP contribution < -0.4 is 0 Å². The average Bonchev–Trinajstić information content (AvgIpc) is 2.86. The summed E-state index contributed by atoms with van der Waals surface area (Å²) in [5, 5.41) is 0. The Morgan fingerprint density at radius 1 is 1.06 bits per heavy atom. The Labute approximate surface area is 104 Å². The van der Waals surface area contributed by atoms with E-state index < -0.39 is 0 Å². The second-order valence-corrected chi connectivity index (χ2v) is 4.65. The SMILES string of the molecule is CCCCN(CCC)C(=O)C(=O)N1CCCC1. The minimum atomic E-state index is -0.304. The molecule has 1 heterocycles.